The van der Waals surface area contributed by atoms with Gasteiger partial charge in [-0.05, 0) is 36.9 Å². The number of rotatable bonds is 1. The van der Waals surface area contributed by atoms with Gasteiger partial charge in [0.05, 0.1) is 0 Å². The third kappa shape index (κ3) is 1.49. The third-order valence-electron chi connectivity index (χ3n) is 3.14. The molecule has 0 fully saturated rings. The summed E-state index contributed by atoms with van der Waals surface area (Å²) in [5.74, 6) is 0.764. The van der Waals surface area contributed by atoms with Crippen molar-refractivity contribution in [2.24, 2.45) is 5.92 Å². The zero-order chi connectivity index (χ0) is 9.26. The van der Waals surface area contributed by atoms with E-state index in [9.17, 15) is 0 Å². The minimum Gasteiger partial charge on any atom is -0.313 e. The minimum atomic E-state index is 0.560. The quantitative estimate of drug-likeness (QED) is 0.691. The van der Waals surface area contributed by atoms with E-state index in [0.717, 1.165) is 5.92 Å². The molecule has 0 spiro atoms. The van der Waals surface area contributed by atoms with Crippen molar-refractivity contribution in [1.82, 2.24) is 5.32 Å². The summed E-state index contributed by atoms with van der Waals surface area (Å²) in [6, 6.07) is 9.35. The van der Waals surface area contributed by atoms with E-state index in [0.29, 0.717) is 6.04 Å². The Bertz CT molecular complexity index is 293. The summed E-state index contributed by atoms with van der Waals surface area (Å²) in [5.41, 5.74) is 3.03. The molecule has 13 heavy (non-hydrogen) atoms. The van der Waals surface area contributed by atoms with Crippen LogP contribution in [0.25, 0.3) is 0 Å². The Kier molecular flexibility index (Phi) is 2.36. The summed E-state index contributed by atoms with van der Waals surface area (Å²) in [6.07, 6.45) is 2.55. The summed E-state index contributed by atoms with van der Waals surface area (Å²) in [5, 5.41) is 3.41. The van der Waals surface area contributed by atoms with Crippen LogP contribution in [-0.4, -0.2) is 7.05 Å². The summed E-state index contributed by atoms with van der Waals surface area (Å²) in [7, 11) is 2.06. The summed E-state index contributed by atoms with van der Waals surface area (Å²) >= 11 is 0. The van der Waals surface area contributed by atoms with Gasteiger partial charge >= 0.3 is 0 Å². The van der Waals surface area contributed by atoms with E-state index < -0.39 is 0 Å². The molecule has 2 rings (SSSR count). The third-order valence-corrected chi connectivity index (χ3v) is 3.14. The van der Waals surface area contributed by atoms with E-state index in [4.69, 9.17) is 0 Å². The maximum absolute atomic E-state index is 3.41. The molecule has 0 aromatic heterocycles. The second-order valence-electron chi connectivity index (χ2n) is 3.98. The molecule has 0 bridgehead atoms. The molecule has 0 amide bonds. The topological polar surface area (TPSA) is 12.0 Å². The monoisotopic (exact) mass is 175 g/mol. The first-order chi connectivity index (χ1) is 6.33. The fourth-order valence-electron chi connectivity index (χ4n) is 2.36. The molecule has 0 unspecified atom stereocenters. The molecule has 1 aliphatic rings. The average Bonchev–Trinajstić information content (AvgIpc) is 2.18. The Morgan fingerprint density at radius 1 is 1.31 bits per heavy atom. The maximum Gasteiger partial charge on any atom is 0.0346 e. The van der Waals surface area contributed by atoms with Gasteiger partial charge in [0, 0.05) is 6.04 Å². The summed E-state index contributed by atoms with van der Waals surface area (Å²) < 4.78 is 0. The lowest BCUT2D eigenvalue weighted by Crippen LogP contribution is -2.28. The van der Waals surface area contributed by atoms with Crippen LogP contribution < -0.4 is 5.32 Å². The highest BCUT2D eigenvalue weighted by molar-refractivity contribution is 5.32. The molecule has 0 aliphatic heterocycles. The Hall–Kier alpha value is -0.820. The molecular weight excluding hydrogens is 158 g/mol. The molecular formula is C12H17N. The Balaban J connectivity index is 2.39. The second kappa shape index (κ2) is 3.51. The van der Waals surface area contributed by atoms with Crippen molar-refractivity contribution in [3.63, 3.8) is 0 Å². The molecule has 1 aromatic carbocycles. The van der Waals surface area contributed by atoms with Crippen molar-refractivity contribution in [2.75, 3.05) is 7.05 Å². The van der Waals surface area contributed by atoms with Gasteiger partial charge in [-0.1, -0.05) is 31.2 Å². The second-order valence-corrected chi connectivity index (χ2v) is 3.98. The van der Waals surface area contributed by atoms with Gasteiger partial charge in [0.15, 0.2) is 0 Å². The fourth-order valence-corrected chi connectivity index (χ4v) is 2.36. The summed E-state index contributed by atoms with van der Waals surface area (Å²) in [6.45, 7) is 2.33. The molecule has 1 nitrogen and oxygen atoms in total. The molecule has 70 valence electrons. The van der Waals surface area contributed by atoms with E-state index in [2.05, 4.69) is 43.6 Å². The number of nitrogens with one attached hydrogen (secondary N) is 1. The van der Waals surface area contributed by atoms with E-state index in [1.54, 1.807) is 0 Å². The maximum atomic E-state index is 3.41. The van der Waals surface area contributed by atoms with E-state index in [1.165, 1.54) is 24.0 Å². The smallest absolute Gasteiger partial charge is 0.0346 e. The lowest BCUT2D eigenvalue weighted by Gasteiger charge is -2.31. The van der Waals surface area contributed by atoms with Gasteiger partial charge in [-0.25, -0.2) is 0 Å². The van der Waals surface area contributed by atoms with E-state index in [-0.39, 0.29) is 0 Å². The van der Waals surface area contributed by atoms with Crippen molar-refractivity contribution in [2.45, 2.75) is 25.8 Å². The summed E-state index contributed by atoms with van der Waals surface area (Å²) in [4.78, 5) is 0. The molecule has 0 heterocycles. The van der Waals surface area contributed by atoms with Gasteiger partial charge in [0.1, 0.15) is 0 Å². The van der Waals surface area contributed by atoms with Crippen molar-refractivity contribution < 1.29 is 0 Å². The molecule has 1 aromatic rings. The standard InChI is InChI=1S/C12H17N/c1-9-7-8-10-5-3-4-6-11(10)12(9)13-2/h3-6,9,12-13H,7-8H2,1-2H3/t9-,12+/m0/s1. The van der Waals surface area contributed by atoms with Crippen molar-refractivity contribution in [1.29, 1.82) is 0 Å². The SMILES string of the molecule is CN[C@H]1c2ccccc2CC[C@@H]1C. The van der Waals surface area contributed by atoms with Crippen LogP contribution in [0.5, 0.6) is 0 Å². The van der Waals surface area contributed by atoms with Crippen LogP contribution in [0.2, 0.25) is 0 Å². The van der Waals surface area contributed by atoms with Crippen molar-refractivity contribution in [3.8, 4) is 0 Å². The highest BCUT2D eigenvalue weighted by Gasteiger charge is 2.24. The first-order valence-corrected chi connectivity index (χ1v) is 5.08. The number of benzene rings is 1. The molecule has 1 heteroatoms. The first-order valence-electron chi connectivity index (χ1n) is 5.08. The molecule has 0 radical (unpaired) electrons. The number of hydrogen-bond donors (Lipinski definition) is 1. The Labute approximate surface area is 80.2 Å². The van der Waals surface area contributed by atoms with Crippen LogP contribution in [0.15, 0.2) is 24.3 Å². The van der Waals surface area contributed by atoms with Gasteiger partial charge in [-0.15, -0.1) is 0 Å². The Morgan fingerprint density at radius 2 is 2.08 bits per heavy atom. The van der Waals surface area contributed by atoms with Gasteiger partial charge in [0.2, 0.25) is 0 Å². The van der Waals surface area contributed by atoms with Crippen molar-refractivity contribution in [3.05, 3.63) is 35.4 Å². The lowest BCUT2D eigenvalue weighted by atomic mass is 9.81. The van der Waals surface area contributed by atoms with Crippen LogP contribution in [0.3, 0.4) is 0 Å². The lowest BCUT2D eigenvalue weighted by molar-refractivity contribution is 0.364. The fraction of sp³-hybridized carbons (Fsp3) is 0.500. The zero-order valence-electron chi connectivity index (χ0n) is 8.38. The number of fused-ring (bicyclic) bond motifs is 1. The van der Waals surface area contributed by atoms with Crippen LogP contribution in [0, 0.1) is 5.92 Å². The van der Waals surface area contributed by atoms with Crippen LogP contribution in [0.4, 0.5) is 0 Å². The number of aryl methyl sites for hydroxylation is 1. The van der Waals surface area contributed by atoms with Gasteiger partial charge in [-0.2, -0.15) is 0 Å². The highest BCUT2D eigenvalue weighted by atomic mass is 14.9. The van der Waals surface area contributed by atoms with Crippen LogP contribution in [0.1, 0.15) is 30.5 Å². The normalized spacial score (nSPS) is 26.9. The first kappa shape index (κ1) is 8.76. The molecule has 1 aliphatic carbocycles. The zero-order valence-corrected chi connectivity index (χ0v) is 8.38. The minimum absolute atomic E-state index is 0.560. The molecule has 1 N–H and O–H groups in total. The number of hydrogen-bond acceptors (Lipinski definition) is 1. The van der Waals surface area contributed by atoms with Crippen LogP contribution >= 0.6 is 0 Å². The Morgan fingerprint density at radius 3 is 2.85 bits per heavy atom. The van der Waals surface area contributed by atoms with Gasteiger partial charge < -0.3 is 5.32 Å². The van der Waals surface area contributed by atoms with E-state index >= 15 is 0 Å². The van der Waals surface area contributed by atoms with Gasteiger partial charge in [-0.3, -0.25) is 0 Å². The largest absolute Gasteiger partial charge is 0.313 e. The molecule has 2 atom stereocenters. The molecule has 0 saturated heterocycles. The predicted octanol–water partition coefficient (Wildman–Crippen LogP) is 2.53. The van der Waals surface area contributed by atoms with Gasteiger partial charge in [0.25, 0.3) is 0 Å². The molecule has 0 saturated carbocycles. The predicted molar refractivity (Wildman–Crippen MR) is 55.7 cm³/mol. The van der Waals surface area contributed by atoms with Crippen LogP contribution in [-0.2, 0) is 6.42 Å². The van der Waals surface area contributed by atoms with E-state index in [1.807, 2.05) is 0 Å². The average molecular weight is 175 g/mol. The highest BCUT2D eigenvalue weighted by Crippen LogP contribution is 2.33. The van der Waals surface area contributed by atoms with Crippen molar-refractivity contribution >= 4 is 0 Å².